The second kappa shape index (κ2) is 5.85. The van der Waals surface area contributed by atoms with Gasteiger partial charge in [0.15, 0.2) is 0 Å². The van der Waals surface area contributed by atoms with E-state index in [9.17, 15) is 0 Å². The van der Waals surface area contributed by atoms with Crippen LogP contribution in [0.1, 0.15) is 18.9 Å². The molecule has 0 saturated carbocycles. The summed E-state index contributed by atoms with van der Waals surface area (Å²) < 4.78 is 0. The van der Waals surface area contributed by atoms with Crippen LogP contribution in [0.5, 0.6) is 0 Å². The van der Waals surface area contributed by atoms with E-state index in [0.717, 1.165) is 17.8 Å². The number of hydrogen-bond acceptors (Lipinski definition) is 2. The molecule has 0 fully saturated rings. The van der Waals surface area contributed by atoms with Gasteiger partial charge in [0.05, 0.1) is 11.4 Å². The van der Waals surface area contributed by atoms with Gasteiger partial charge in [0.25, 0.3) is 0 Å². The molecule has 0 bridgehead atoms. The highest BCUT2D eigenvalue weighted by Gasteiger charge is 1.99. The Balaban J connectivity index is 2.14. The minimum Gasteiger partial charge on any atom is -0.278 e. The molecule has 0 aliphatic carbocycles. The van der Waals surface area contributed by atoms with Crippen molar-refractivity contribution in [2.45, 2.75) is 13.3 Å². The molecule has 2 rings (SSSR count). The van der Waals surface area contributed by atoms with E-state index in [1.807, 2.05) is 48.5 Å². The first-order chi connectivity index (χ1) is 8.40. The fourth-order valence-electron chi connectivity index (χ4n) is 1.62. The van der Waals surface area contributed by atoms with Gasteiger partial charge in [0.2, 0.25) is 0 Å². The Labute approximate surface area is 102 Å². The van der Waals surface area contributed by atoms with Crippen LogP contribution in [0.15, 0.2) is 65.8 Å². The summed E-state index contributed by atoms with van der Waals surface area (Å²) in [5, 5.41) is 4.45. The molecule has 0 saturated heterocycles. The van der Waals surface area contributed by atoms with Crippen LogP contribution in [0.4, 0.5) is 5.69 Å². The molecule has 0 unspecified atom stereocenters. The van der Waals surface area contributed by atoms with E-state index in [2.05, 4.69) is 29.6 Å². The van der Waals surface area contributed by atoms with Crippen molar-refractivity contribution in [1.82, 2.24) is 0 Å². The Morgan fingerprint density at radius 2 is 1.53 bits per heavy atom. The predicted molar refractivity (Wildman–Crippen MR) is 73.3 cm³/mol. The molecule has 0 aromatic heterocycles. The van der Waals surface area contributed by atoms with E-state index in [1.165, 1.54) is 5.56 Å². The Morgan fingerprint density at radius 3 is 2.12 bits per heavy atom. The molecule has 0 aliphatic heterocycles. The van der Waals surface area contributed by atoms with E-state index in [4.69, 9.17) is 0 Å². The molecule has 2 nitrogen and oxygen atoms in total. The molecule has 2 heteroatoms. The monoisotopic (exact) mass is 224 g/mol. The number of rotatable bonds is 4. The summed E-state index contributed by atoms with van der Waals surface area (Å²) in [6.45, 7) is 2.11. The highest BCUT2D eigenvalue weighted by Crippen LogP contribution is 2.08. The van der Waals surface area contributed by atoms with Crippen molar-refractivity contribution in [2.75, 3.05) is 5.43 Å². The van der Waals surface area contributed by atoms with Gasteiger partial charge >= 0.3 is 0 Å². The number of anilines is 1. The zero-order valence-electron chi connectivity index (χ0n) is 9.93. The van der Waals surface area contributed by atoms with Crippen LogP contribution in [-0.2, 0) is 0 Å². The Kier molecular flexibility index (Phi) is 3.92. The highest BCUT2D eigenvalue weighted by atomic mass is 15.3. The number of hydrogen-bond donors (Lipinski definition) is 1. The van der Waals surface area contributed by atoms with Gasteiger partial charge < -0.3 is 0 Å². The third-order valence-corrected chi connectivity index (χ3v) is 2.54. The van der Waals surface area contributed by atoms with Gasteiger partial charge in [0.1, 0.15) is 0 Å². The molecular formula is C15H16N2. The predicted octanol–water partition coefficient (Wildman–Crippen LogP) is 3.91. The maximum absolute atomic E-state index is 4.45. The number of nitrogens with one attached hydrogen (secondary N) is 1. The zero-order chi connectivity index (χ0) is 11.9. The lowest BCUT2D eigenvalue weighted by Crippen LogP contribution is -2.02. The number of benzene rings is 2. The molecule has 0 spiro atoms. The van der Waals surface area contributed by atoms with E-state index >= 15 is 0 Å². The summed E-state index contributed by atoms with van der Waals surface area (Å²) in [6.07, 6.45) is 0.907. The van der Waals surface area contributed by atoms with E-state index in [0.29, 0.717) is 0 Å². The Hall–Kier alpha value is -2.09. The smallest absolute Gasteiger partial charge is 0.0676 e. The highest BCUT2D eigenvalue weighted by molar-refractivity contribution is 6.00. The molecular weight excluding hydrogens is 208 g/mol. The summed E-state index contributed by atoms with van der Waals surface area (Å²) in [7, 11) is 0. The maximum Gasteiger partial charge on any atom is 0.0676 e. The summed E-state index contributed by atoms with van der Waals surface area (Å²) in [5.74, 6) is 0. The van der Waals surface area contributed by atoms with Crippen LogP contribution in [0.2, 0.25) is 0 Å². The second-order valence-corrected chi connectivity index (χ2v) is 3.76. The van der Waals surface area contributed by atoms with Crippen molar-refractivity contribution >= 4 is 11.4 Å². The topological polar surface area (TPSA) is 24.4 Å². The lowest BCUT2D eigenvalue weighted by atomic mass is 10.1. The van der Waals surface area contributed by atoms with Crippen LogP contribution in [0.3, 0.4) is 0 Å². The first-order valence-electron chi connectivity index (χ1n) is 5.83. The first kappa shape index (κ1) is 11.4. The Morgan fingerprint density at radius 1 is 0.941 bits per heavy atom. The largest absolute Gasteiger partial charge is 0.278 e. The van der Waals surface area contributed by atoms with Crippen molar-refractivity contribution < 1.29 is 0 Å². The average molecular weight is 224 g/mol. The number of nitrogens with zero attached hydrogens (tertiary/aromatic N) is 1. The standard InChI is InChI=1S/C15H16N2/c1-2-15(13-9-5-3-6-10-13)17-16-14-11-7-4-8-12-14/h3-12,16H,2H2,1H3. The van der Waals surface area contributed by atoms with Gasteiger partial charge in [-0.1, -0.05) is 55.5 Å². The fourth-order valence-corrected chi connectivity index (χ4v) is 1.62. The lowest BCUT2D eigenvalue weighted by molar-refractivity contribution is 1.22. The van der Waals surface area contributed by atoms with Gasteiger partial charge in [-0.2, -0.15) is 5.10 Å². The summed E-state index contributed by atoms with van der Waals surface area (Å²) in [4.78, 5) is 0. The van der Waals surface area contributed by atoms with Gasteiger partial charge in [-0.05, 0) is 24.1 Å². The van der Waals surface area contributed by atoms with Gasteiger partial charge in [-0.3, -0.25) is 5.43 Å². The van der Waals surface area contributed by atoms with Crippen molar-refractivity contribution in [3.8, 4) is 0 Å². The molecule has 1 N–H and O–H groups in total. The molecule has 0 radical (unpaired) electrons. The number of hydrazone groups is 1. The molecule has 2 aromatic carbocycles. The van der Waals surface area contributed by atoms with Crippen LogP contribution in [0.25, 0.3) is 0 Å². The van der Waals surface area contributed by atoms with Gasteiger partial charge in [-0.15, -0.1) is 0 Å². The molecule has 17 heavy (non-hydrogen) atoms. The zero-order valence-corrected chi connectivity index (χ0v) is 9.93. The van der Waals surface area contributed by atoms with E-state index in [-0.39, 0.29) is 0 Å². The quantitative estimate of drug-likeness (QED) is 0.618. The number of para-hydroxylation sites is 1. The van der Waals surface area contributed by atoms with Crippen LogP contribution < -0.4 is 5.43 Å². The van der Waals surface area contributed by atoms with E-state index < -0.39 is 0 Å². The van der Waals surface area contributed by atoms with E-state index in [1.54, 1.807) is 0 Å². The fraction of sp³-hybridized carbons (Fsp3) is 0.133. The van der Waals surface area contributed by atoms with Crippen molar-refractivity contribution in [3.63, 3.8) is 0 Å². The third kappa shape index (κ3) is 3.18. The third-order valence-electron chi connectivity index (χ3n) is 2.54. The van der Waals surface area contributed by atoms with Crippen LogP contribution in [0, 0.1) is 0 Å². The summed E-state index contributed by atoms with van der Waals surface area (Å²) in [6, 6.07) is 20.2. The maximum atomic E-state index is 4.45. The van der Waals surface area contributed by atoms with Gasteiger partial charge in [-0.25, -0.2) is 0 Å². The minimum atomic E-state index is 0.907. The minimum absolute atomic E-state index is 0.907. The molecule has 0 heterocycles. The molecule has 0 amide bonds. The normalized spacial score (nSPS) is 11.2. The van der Waals surface area contributed by atoms with Gasteiger partial charge in [0, 0.05) is 0 Å². The second-order valence-electron chi connectivity index (χ2n) is 3.76. The van der Waals surface area contributed by atoms with Crippen molar-refractivity contribution in [1.29, 1.82) is 0 Å². The molecule has 0 atom stereocenters. The summed E-state index contributed by atoms with van der Waals surface area (Å²) >= 11 is 0. The molecule has 0 aliphatic rings. The molecule has 86 valence electrons. The van der Waals surface area contributed by atoms with Crippen molar-refractivity contribution in [2.24, 2.45) is 5.10 Å². The van der Waals surface area contributed by atoms with Crippen LogP contribution >= 0.6 is 0 Å². The SMILES string of the molecule is CCC(=NNc1ccccc1)c1ccccc1. The van der Waals surface area contributed by atoms with Crippen molar-refractivity contribution in [3.05, 3.63) is 66.2 Å². The average Bonchev–Trinajstić information content (AvgIpc) is 2.42. The first-order valence-corrected chi connectivity index (χ1v) is 5.83. The van der Waals surface area contributed by atoms with Crippen LogP contribution in [-0.4, -0.2) is 5.71 Å². The lowest BCUT2D eigenvalue weighted by Gasteiger charge is -2.05. The summed E-state index contributed by atoms with van der Waals surface area (Å²) in [5.41, 5.74) is 6.32. The Bertz CT molecular complexity index is 475. The molecule has 2 aromatic rings.